The predicted molar refractivity (Wildman–Crippen MR) is 129 cm³/mol. The van der Waals surface area contributed by atoms with Crippen molar-refractivity contribution in [2.24, 2.45) is 5.10 Å². The van der Waals surface area contributed by atoms with Gasteiger partial charge in [-0.1, -0.05) is 54.2 Å². The first-order chi connectivity index (χ1) is 15.7. The van der Waals surface area contributed by atoms with Crippen LogP contribution in [-0.2, 0) is 17.9 Å². The van der Waals surface area contributed by atoms with Gasteiger partial charge in [0, 0.05) is 6.54 Å². The zero-order valence-corrected chi connectivity index (χ0v) is 18.6. The first-order valence-electron chi connectivity index (χ1n) is 10.4. The Hall–Kier alpha value is -3.58. The summed E-state index contributed by atoms with van der Waals surface area (Å²) in [4.78, 5) is 16.8. The Balaban J connectivity index is 1.25. The third kappa shape index (κ3) is 5.56. The minimum atomic E-state index is -0.177. The number of para-hydroxylation sites is 2. The number of amides is 1. The van der Waals surface area contributed by atoms with E-state index in [2.05, 4.69) is 27.0 Å². The number of thioether (sulfide) groups is 1. The quantitative estimate of drug-likeness (QED) is 0.227. The topological polar surface area (TPSA) is 68.5 Å². The summed E-state index contributed by atoms with van der Waals surface area (Å²) in [6, 6.07) is 25.6. The summed E-state index contributed by atoms with van der Waals surface area (Å²) in [5, 5.41) is 4.89. The highest BCUT2D eigenvalue weighted by Gasteiger charge is 2.11. The van der Waals surface area contributed by atoms with Crippen molar-refractivity contribution in [2.45, 2.75) is 25.2 Å². The van der Waals surface area contributed by atoms with E-state index in [1.165, 1.54) is 11.8 Å². The van der Waals surface area contributed by atoms with Gasteiger partial charge in [-0.15, -0.1) is 0 Å². The molecule has 0 saturated heterocycles. The van der Waals surface area contributed by atoms with Crippen molar-refractivity contribution in [3.63, 3.8) is 0 Å². The van der Waals surface area contributed by atoms with Crippen LogP contribution in [0.25, 0.3) is 11.0 Å². The molecule has 1 aromatic heterocycles. The zero-order chi connectivity index (χ0) is 22.2. The number of benzene rings is 3. The fourth-order valence-corrected chi connectivity index (χ4v) is 4.07. The lowest BCUT2D eigenvalue weighted by Crippen LogP contribution is -2.20. The molecule has 0 spiro atoms. The van der Waals surface area contributed by atoms with Crippen molar-refractivity contribution in [3.05, 3.63) is 90.0 Å². The van der Waals surface area contributed by atoms with E-state index in [1.807, 2.05) is 78.9 Å². The van der Waals surface area contributed by atoms with E-state index in [4.69, 9.17) is 4.74 Å². The molecule has 0 fully saturated rings. The molecule has 0 aliphatic carbocycles. The summed E-state index contributed by atoms with van der Waals surface area (Å²) < 4.78 is 7.89. The van der Waals surface area contributed by atoms with Gasteiger partial charge in [0.25, 0.3) is 5.91 Å². The van der Waals surface area contributed by atoms with Crippen molar-refractivity contribution < 1.29 is 9.53 Å². The molecule has 0 radical (unpaired) electrons. The maximum absolute atomic E-state index is 12.2. The number of ether oxygens (including phenoxy) is 1. The maximum atomic E-state index is 12.2. The van der Waals surface area contributed by atoms with E-state index in [0.717, 1.165) is 39.6 Å². The Morgan fingerprint density at radius 3 is 2.59 bits per heavy atom. The monoisotopic (exact) mass is 444 g/mol. The van der Waals surface area contributed by atoms with Gasteiger partial charge in [-0.05, 0) is 54.4 Å². The highest BCUT2D eigenvalue weighted by molar-refractivity contribution is 7.99. The summed E-state index contributed by atoms with van der Waals surface area (Å²) in [5.74, 6) is 0.849. The second kappa shape index (κ2) is 10.6. The molecule has 4 aromatic rings. The van der Waals surface area contributed by atoms with Gasteiger partial charge in [0.15, 0.2) is 5.16 Å². The fraction of sp³-hybridized carbons (Fsp3) is 0.160. The molecule has 162 valence electrons. The number of aryl methyl sites for hydroxylation is 1. The number of carbonyl (C=O) groups excluding carboxylic acids is 1. The minimum Gasteiger partial charge on any atom is -0.489 e. The van der Waals surface area contributed by atoms with E-state index in [9.17, 15) is 4.79 Å². The van der Waals surface area contributed by atoms with Crippen molar-refractivity contribution in [1.82, 2.24) is 15.0 Å². The summed E-state index contributed by atoms with van der Waals surface area (Å²) in [7, 11) is 0. The molecule has 0 atom stereocenters. The van der Waals surface area contributed by atoms with Crippen LogP contribution in [0.15, 0.2) is 89.1 Å². The van der Waals surface area contributed by atoms with Gasteiger partial charge in [-0.3, -0.25) is 4.79 Å². The Morgan fingerprint density at radius 2 is 1.81 bits per heavy atom. The lowest BCUT2D eigenvalue weighted by Gasteiger charge is -2.06. The highest BCUT2D eigenvalue weighted by atomic mass is 32.2. The number of aromatic nitrogens is 2. The van der Waals surface area contributed by atoms with Gasteiger partial charge in [0.2, 0.25) is 0 Å². The molecule has 0 aliphatic heterocycles. The van der Waals surface area contributed by atoms with E-state index in [0.29, 0.717) is 6.61 Å². The van der Waals surface area contributed by atoms with Gasteiger partial charge in [0.05, 0.1) is 23.0 Å². The summed E-state index contributed by atoms with van der Waals surface area (Å²) >= 11 is 1.41. The van der Waals surface area contributed by atoms with Crippen LogP contribution in [0.5, 0.6) is 5.75 Å². The Labute approximate surface area is 191 Å². The van der Waals surface area contributed by atoms with E-state index in [1.54, 1.807) is 6.21 Å². The second-order valence-electron chi connectivity index (χ2n) is 7.05. The van der Waals surface area contributed by atoms with Crippen molar-refractivity contribution >= 4 is 34.9 Å². The summed E-state index contributed by atoms with van der Waals surface area (Å²) in [6.07, 6.45) is 1.62. The molecule has 7 heteroatoms. The molecule has 0 unspecified atom stereocenters. The van der Waals surface area contributed by atoms with E-state index in [-0.39, 0.29) is 11.7 Å². The third-order valence-electron chi connectivity index (χ3n) is 4.80. The van der Waals surface area contributed by atoms with Gasteiger partial charge in [-0.25, -0.2) is 10.4 Å². The Bertz CT molecular complexity index is 1200. The molecular weight excluding hydrogens is 420 g/mol. The normalized spacial score (nSPS) is 11.2. The molecule has 6 nitrogen and oxygen atoms in total. The van der Waals surface area contributed by atoms with Crippen LogP contribution < -0.4 is 10.2 Å². The maximum Gasteiger partial charge on any atom is 0.250 e. The number of nitrogens with zero attached hydrogens (tertiary/aromatic N) is 3. The second-order valence-corrected chi connectivity index (χ2v) is 8.00. The van der Waals surface area contributed by atoms with Gasteiger partial charge in [-0.2, -0.15) is 5.10 Å². The van der Waals surface area contributed by atoms with Crippen LogP contribution >= 0.6 is 11.8 Å². The molecule has 0 aliphatic rings. The van der Waals surface area contributed by atoms with E-state index < -0.39 is 0 Å². The number of hydrogen-bond donors (Lipinski definition) is 1. The molecule has 4 rings (SSSR count). The minimum absolute atomic E-state index is 0.177. The van der Waals surface area contributed by atoms with Crippen LogP contribution in [0.4, 0.5) is 0 Å². The number of rotatable bonds is 9. The summed E-state index contributed by atoms with van der Waals surface area (Å²) in [6.45, 7) is 3.39. The van der Waals surface area contributed by atoms with Gasteiger partial charge >= 0.3 is 0 Å². The zero-order valence-electron chi connectivity index (χ0n) is 17.8. The molecule has 1 N–H and O–H groups in total. The van der Waals surface area contributed by atoms with Crippen LogP contribution in [-0.4, -0.2) is 27.4 Å². The molecule has 0 bridgehead atoms. The SMILES string of the molecule is CCn1c(SCC(=O)N/N=C\c2ccc(OCc3ccccc3)cc2)nc2ccccc21. The number of fused-ring (bicyclic) bond motifs is 1. The Kier molecular flexibility index (Phi) is 7.19. The van der Waals surface area contributed by atoms with Gasteiger partial charge < -0.3 is 9.30 Å². The molecular formula is C25H24N4O2S. The predicted octanol–water partition coefficient (Wildman–Crippen LogP) is 4.88. The number of imidazole rings is 1. The van der Waals surface area contributed by atoms with Gasteiger partial charge in [0.1, 0.15) is 12.4 Å². The fourth-order valence-electron chi connectivity index (χ4n) is 3.20. The lowest BCUT2D eigenvalue weighted by molar-refractivity contribution is -0.118. The smallest absolute Gasteiger partial charge is 0.250 e. The standard InChI is InChI=1S/C25H24N4O2S/c1-2-29-23-11-7-6-10-22(23)27-25(29)32-18-24(30)28-26-16-19-12-14-21(15-13-19)31-17-20-8-4-3-5-9-20/h3-16H,2,17-18H2,1H3,(H,28,30)/b26-16-. The number of hydrogen-bond acceptors (Lipinski definition) is 5. The number of nitrogens with one attached hydrogen (secondary N) is 1. The van der Waals surface area contributed by atoms with Crippen LogP contribution in [0.2, 0.25) is 0 Å². The average Bonchev–Trinajstić information content (AvgIpc) is 3.20. The first kappa shape index (κ1) is 21.6. The molecule has 3 aromatic carbocycles. The Morgan fingerprint density at radius 1 is 1.06 bits per heavy atom. The van der Waals surface area contributed by atoms with E-state index >= 15 is 0 Å². The molecule has 1 amide bonds. The first-order valence-corrected chi connectivity index (χ1v) is 11.4. The van der Waals surface area contributed by atoms with Crippen LogP contribution in [0.1, 0.15) is 18.1 Å². The largest absolute Gasteiger partial charge is 0.489 e. The van der Waals surface area contributed by atoms with Crippen LogP contribution in [0.3, 0.4) is 0 Å². The number of carbonyl (C=O) groups is 1. The number of hydrazone groups is 1. The molecule has 1 heterocycles. The van der Waals surface area contributed by atoms with Crippen molar-refractivity contribution in [1.29, 1.82) is 0 Å². The average molecular weight is 445 g/mol. The lowest BCUT2D eigenvalue weighted by atomic mass is 10.2. The highest BCUT2D eigenvalue weighted by Crippen LogP contribution is 2.23. The van der Waals surface area contributed by atoms with Crippen molar-refractivity contribution in [2.75, 3.05) is 5.75 Å². The summed E-state index contributed by atoms with van der Waals surface area (Å²) in [5.41, 5.74) is 6.58. The van der Waals surface area contributed by atoms with Crippen molar-refractivity contribution in [3.8, 4) is 5.75 Å². The third-order valence-corrected chi connectivity index (χ3v) is 5.78. The molecule has 32 heavy (non-hydrogen) atoms. The van der Waals surface area contributed by atoms with Crippen LogP contribution in [0, 0.1) is 0 Å². The molecule has 0 saturated carbocycles.